The van der Waals surface area contributed by atoms with E-state index in [4.69, 9.17) is 21.1 Å². The normalized spacial score (nSPS) is 10.1. The van der Waals surface area contributed by atoms with E-state index in [0.29, 0.717) is 12.2 Å². The van der Waals surface area contributed by atoms with Gasteiger partial charge in [-0.05, 0) is 24.3 Å². The molecule has 0 aliphatic carbocycles. The van der Waals surface area contributed by atoms with E-state index in [1.807, 2.05) is 0 Å². The molecule has 3 N–H and O–H groups in total. The van der Waals surface area contributed by atoms with Gasteiger partial charge in [-0.2, -0.15) is 0 Å². The van der Waals surface area contributed by atoms with Gasteiger partial charge in [0.25, 0.3) is 0 Å². The average Bonchev–Trinajstić information content (AvgIpc) is 2.88. The molecule has 6 nitrogen and oxygen atoms in total. The third-order valence-electron chi connectivity index (χ3n) is 2.44. The van der Waals surface area contributed by atoms with Crippen molar-refractivity contribution >= 4 is 29.3 Å². The molecule has 2 amide bonds. The Morgan fingerprint density at radius 1 is 1.30 bits per heavy atom. The Morgan fingerprint density at radius 3 is 2.75 bits per heavy atom. The van der Waals surface area contributed by atoms with Gasteiger partial charge in [-0.25, -0.2) is 9.59 Å². The van der Waals surface area contributed by atoms with E-state index < -0.39 is 12.0 Å². The number of carbonyl (C=O) groups is 2. The number of hydrogen-bond donors (Lipinski definition) is 3. The van der Waals surface area contributed by atoms with Crippen molar-refractivity contribution in [1.29, 1.82) is 0 Å². The standard InChI is InChI=1S/C13H11ClN2O4/c14-10-3-9(12(17)18)4-11(5-10)16-13(19)15-6-8-1-2-20-7-8/h1-5,7H,6H2,(H,17,18)(H2,15,16,19). The number of carbonyl (C=O) groups excluding carboxylic acids is 1. The predicted octanol–water partition coefficient (Wildman–Crippen LogP) is 2.95. The van der Waals surface area contributed by atoms with Gasteiger partial charge < -0.3 is 20.2 Å². The topological polar surface area (TPSA) is 91.6 Å². The molecule has 0 spiro atoms. The molecule has 0 aliphatic heterocycles. The lowest BCUT2D eigenvalue weighted by Crippen LogP contribution is -2.28. The van der Waals surface area contributed by atoms with Crippen molar-refractivity contribution in [3.05, 3.63) is 52.9 Å². The summed E-state index contributed by atoms with van der Waals surface area (Å²) in [7, 11) is 0. The Hall–Kier alpha value is -2.47. The van der Waals surface area contributed by atoms with Crippen LogP contribution in [0, 0.1) is 0 Å². The number of halogens is 1. The minimum absolute atomic E-state index is 0.00244. The molecule has 104 valence electrons. The van der Waals surface area contributed by atoms with E-state index in [9.17, 15) is 9.59 Å². The summed E-state index contributed by atoms with van der Waals surface area (Å²) in [5.74, 6) is -1.12. The second-order valence-corrected chi connectivity index (χ2v) is 4.41. The molecule has 0 radical (unpaired) electrons. The van der Waals surface area contributed by atoms with Gasteiger partial charge in [0.2, 0.25) is 0 Å². The number of nitrogens with one attached hydrogen (secondary N) is 2. The SMILES string of the molecule is O=C(NCc1ccoc1)Nc1cc(Cl)cc(C(=O)O)c1. The van der Waals surface area contributed by atoms with Crippen molar-refractivity contribution in [3.8, 4) is 0 Å². The second kappa shape index (κ2) is 6.12. The van der Waals surface area contributed by atoms with Crippen LogP contribution in [0.15, 0.2) is 41.2 Å². The zero-order valence-electron chi connectivity index (χ0n) is 10.2. The van der Waals surface area contributed by atoms with Gasteiger partial charge in [0.05, 0.1) is 18.1 Å². The molecule has 0 unspecified atom stereocenters. The Labute approximate surface area is 119 Å². The summed E-state index contributed by atoms with van der Waals surface area (Å²) in [6, 6.07) is 5.35. The number of amides is 2. The molecule has 0 saturated carbocycles. The predicted molar refractivity (Wildman–Crippen MR) is 73.0 cm³/mol. The van der Waals surface area contributed by atoms with Crippen LogP contribution in [0.1, 0.15) is 15.9 Å². The van der Waals surface area contributed by atoms with E-state index in [2.05, 4.69) is 10.6 Å². The third-order valence-corrected chi connectivity index (χ3v) is 2.65. The fourth-order valence-corrected chi connectivity index (χ4v) is 1.77. The summed E-state index contributed by atoms with van der Waals surface area (Å²) < 4.78 is 4.87. The van der Waals surface area contributed by atoms with Crippen LogP contribution in [0.4, 0.5) is 10.5 Å². The van der Waals surface area contributed by atoms with Crippen LogP contribution in [0.2, 0.25) is 5.02 Å². The maximum atomic E-state index is 11.7. The molecular formula is C13H11ClN2O4. The summed E-state index contributed by atoms with van der Waals surface area (Å²) in [6.07, 6.45) is 3.02. The first-order chi connectivity index (χ1) is 9.54. The molecule has 2 aromatic rings. The molecule has 0 aliphatic rings. The quantitative estimate of drug-likeness (QED) is 0.808. The van der Waals surface area contributed by atoms with Gasteiger partial charge in [0, 0.05) is 22.8 Å². The number of carboxylic acids is 1. The van der Waals surface area contributed by atoms with Crippen molar-refractivity contribution in [1.82, 2.24) is 5.32 Å². The van der Waals surface area contributed by atoms with Gasteiger partial charge in [-0.3, -0.25) is 0 Å². The van der Waals surface area contributed by atoms with E-state index >= 15 is 0 Å². The van der Waals surface area contributed by atoms with E-state index in [0.717, 1.165) is 5.56 Å². The number of anilines is 1. The summed E-state index contributed by atoms with van der Waals surface area (Å²) in [5, 5.41) is 14.2. The summed E-state index contributed by atoms with van der Waals surface area (Å²) in [5.41, 5.74) is 1.12. The van der Waals surface area contributed by atoms with Gasteiger partial charge in [0.15, 0.2) is 0 Å². The van der Waals surface area contributed by atoms with Crippen LogP contribution >= 0.6 is 11.6 Å². The fraction of sp³-hybridized carbons (Fsp3) is 0.0769. The van der Waals surface area contributed by atoms with Crippen molar-refractivity contribution < 1.29 is 19.1 Å². The lowest BCUT2D eigenvalue weighted by Gasteiger charge is -2.08. The summed E-state index contributed by atoms with van der Waals surface area (Å²) in [4.78, 5) is 22.5. The van der Waals surface area contributed by atoms with Gasteiger partial charge in [0.1, 0.15) is 0 Å². The molecular weight excluding hydrogens is 284 g/mol. The Kier molecular flexibility index (Phi) is 4.27. The Balaban J connectivity index is 1.98. The minimum atomic E-state index is -1.12. The lowest BCUT2D eigenvalue weighted by atomic mass is 10.2. The highest BCUT2D eigenvalue weighted by molar-refractivity contribution is 6.31. The second-order valence-electron chi connectivity index (χ2n) is 3.97. The Bertz CT molecular complexity index is 625. The largest absolute Gasteiger partial charge is 0.478 e. The molecule has 1 aromatic heterocycles. The van der Waals surface area contributed by atoms with Crippen LogP contribution in [0.5, 0.6) is 0 Å². The van der Waals surface area contributed by atoms with E-state index in [1.54, 1.807) is 6.07 Å². The first-order valence-electron chi connectivity index (χ1n) is 5.64. The van der Waals surface area contributed by atoms with Crippen LogP contribution in [0.25, 0.3) is 0 Å². The molecule has 1 heterocycles. The maximum absolute atomic E-state index is 11.7. The van der Waals surface area contributed by atoms with Crippen molar-refractivity contribution in [2.75, 3.05) is 5.32 Å². The summed E-state index contributed by atoms with van der Waals surface area (Å²) in [6.45, 7) is 0.300. The van der Waals surface area contributed by atoms with E-state index in [-0.39, 0.29) is 10.6 Å². The smallest absolute Gasteiger partial charge is 0.335 e. The minimum Gasteiger partial charge on any atom is -0.478 e. The number of urea groups is 1. The monoisotopic (exact) mass is 294 g/mol. The first-order valence-corrected chi connectivity index (χ1v) is 6.02. The molecule has 7 heteroatoms. The van der Waals surface area contributed by atoms with Gasteiger partial charge >= 0.3 is 12.0 Å². The third kappa shape index (κ3) is 3.76. The van der Waals surface area contributed by atoms with Crippen LogP contribution in [-0.4, -0.2) is 17.1 Å². The molecule has 2 rings (SSSR count). The zero-order chi connectivity index (χ0) is 14.5. The zero-order valence-corrected chi connectivity index (χ0v) is 11.0. The number of furan rings is 1. The highest BCUT2D eigenvalue weighted by atomic mass is 35.5. The highest BCUT2D eigenvalue weighted by Crippen LogP contribution is 2.19. The van der Waals surface area contributed by atoms with E-state index in [1.165, 1.54) is 30.7 Å². The molecule has 0 bridgehead atoms. The number of carboxylic acid groups (broad SMARTS) is 1. The van der Waals surface area contributed by atoms with Crippen molar-refractivity contribution in [3.63, 3.8) is 0 Å². The van der Waals surface area contributed by atoms with Crippen LogP contribution in [-0.2, 0) is 6.54 Å². The maximum Gasteiger partial charge on any atom is 0.335 e. The number of hydrogen-bond acceptors (Lipinski definition) is 3. The van der Waals surface area contributed by atoms with Crippen LogP contribution < -0.4 is 10.6 Å². The molecule has 0 saturated heterocycles. The highest BCUT2D eigenvalue weighted by Gasteiger charge is 2.08. The molecule has 1 aromatic carbocycles. The summed E-state index contributed by atoms with van der Waals surface area (Å²) >= 11 is 5.79. The number of aromatic carboxylic acids is 1. The van der Waals surface area contributed by atoms with Crippen LogP contribution in [0.3, 0.4) is 0 Å². The first kappa shape index (κ1) is 14.0. The molecule has 0 atom stereocenters. The lowest BCUT2D eigenvalue weighted by molar-refractivity contribution is 0.0697. The van der Waals surface area contributed by atoms with Crippen molar-refractivity contribution in [2.24, 2.45) is 0 Å². The number of rotatable bonds is 4. The van der Waals surface area contributed by atoms with Gasteiger partial charge in [-0.15, -0.1) is 0 Å². The van der Waals surface area contributed by atoms with Gasteiger partial charge in [-0.1, -0.05) is 11.6 Å². The average molecular weight is 295 g/mol. The fourth-order valence-electron chi connectivity index (χ4n) is 1.54. The molecule has 0 fully saturated rings. The molecule has 20 heavy (non-hydrogen) atoms. The Morgan fingerprint density at radius 2 is 2.10 bits per heavy atom. The van der Waals surface area contributed by atoms with Crippen molar-refractivity contribution in [2.45, 2.75) is 6.54 Å². The number of benzene rings is 1.